The van der Waals surface area contributed by atoms with E-state index in [2.05, 4.69) is 19.1 Å². The molecule has 3 heteroatoms. The molecule has 0 radical (unpaired) electrons. The van der Waals surface area contributed by atoms with Crippen molar-refractivity contribution >= 4 is 11.3 Å². The van der Waals surface area contributed by atoms with Crippen molar-refractivity contribution in [3.05, 3.63) is 21.9 Å². The topological polar surface area (TPSA) is 49.8 Å². The largest absolute Gasteiger partial charge is 0.316 e. The lowest BCUT2D eigenvalue weighted by molar-refractivity contribution is 0.737. The van der Waals surface area contributed by atoms with Gasteiger partial charge in [-0.1, -0.05) is 0 Å². The van der Waals surface area contributed by atoms with Crippen LogP contribution in [0.1, 0.15) is 16.2 Å². The van der Waals surface area contributed by atoms with Crippen molar-refractivity contribution < 1.29 is 0 Å². The molecular formula is C9H12N2S. The van der Waals surface area contributed by atoms with E-state index in [0.717, 1.165) is 12.8 Å². The van der Waals surface area contributed by atoms with Crippen LogP contribution in [0.25, 0.3) is 0 Å². The number of rotatable bonds is 3. The molecule has 64 valence electrons. The third-order valence-corrected chi connectivity index (χ3v) is 2.72. The highest BCUT2D eigenvalue weighted by molar-refractivity contribution is 7.11. The third-order valence-electron chi connectivity index (χ3n) is 1.66. The van der Waals surface area contributed by atoms with Gasteiger partial charge in [0.05, 0.1) is 12.1 Å². The van der Waals surface area contributed by atoms with Crippen LogP contribution >= 0.6 is 11.3 Å². The summed E-state index contributed by atoms with van der Waals surface area (Å²) >= 11 is 1.78. The summed E-state index contributed by atoms with van der Waals surface area (Å²) in [6.45, 7) is 2.08. The first-order chi connectivity index (χ1) is 5.72. The summed E-state index contributed by atoms with van der Waals surface area (Å²) < 4.78 is 0. The number of nitriles is 1. The summed E-state index contributed by atoms with van der Waals surface area (Å²) in [6, 6.07) is 5.91. The summed E-state index contributed by atoms with van der Waals surface area (Å²) in [7, 11) is 0. The van der Waals surface area contributed by atoms with Gasteiger partial charge in [-0.2, -0.15) is 5.26 Å². The number of nitrogens with zero attached hydrogens (tertiary/aromatic N) is 1. The predicted molar refractivity (Wildman–Crippen MR) is 51.0 cm³/mol. The highest BCUT2D eigenvalue weighted by Crippen LogP contribution is 2.16. The molecule has 0 amide bonds. The van der Waals surface area contributed by atoms with Crippen LogP contribution in [0, 0.1) is 18.3 Å². The summed E-state index contributed by atoms with van der Waals surface area (Å²) in [6.07, 6.45) is 1.68. The second-order valence-electron chi connectivity index (χ2n) is 2.79. The number of aryl methyl sites for hydroxylation is 2. The molecular weight excluding hydrogens is 168 g/mol. The zero-order valence-corrected chi connectivity index (χ0v) is 7.90. The zero-order chi connectivity index (χ0) is 8.97. The molecule has 0 aliphatic rings. The Balaban J connectivity index is 2.39. The zero-order valence-electron chi connectivity index (χ0n) is 7.08. The lowest BCUT2D eigenvalue weighted by Gasteiger charge is -1.98. The van der Waals surface area contributed by atoms with Gasteiger partial charge in [0.15, 0.2) is 0 Å². The quantitative estimate of drug-likeness (QED) is 0.771. The SMILES string of the molecule is Cc1ccc(CCC(N)C#N)s1. The first-order valence-electron chi connectivity index (χ1n) is 3.93. The Labute approximate surface area is 76.6 Å². The average Bonchev–Trinajstić information content (AvgIpc) is 2.47. The Morgan fingerprint density at radius 1 is 1.67 bits per heavy atom. The van der Waals surface area contributed by atoms with Gasteiger partial charge < -0.3 is 5.73 Å². The second kappa shape index (κ2) is 4.24. The van der Waals surface area contributed by atoms with E-state index in [4.69, 9.17) is 11.0 Å². The minimum atomic E-state index is -0.313. The van der Waals surface area contributed by atoms with Gasteiger partial charge in [0.1, 0.15) is 0 Å². The molecule has 0 fully saturated rings. The second-order valence-corrected chi connectivity index (χ2v) is 4.16. The van der Waals surface area contributed by atoms with Gasteiger partial charge in [-0.05, 0) is 31.9 Å². The number of hydrogen-bond acceptors (Lipinski definition) is 3. The Hall–Kier alpha value is -0.850. The number of thiophene rings is 1. The molecule has 0 aliphatic carbocycles. The van der Waals surface area contributed by atoms with E-state index in [9.17, 15) is 0 Å². The van der Waals surface area contributed by atoms with Crippen molar-refractivity contribution in [1.82, 2.24) is 0 Å². The first kappa shape index (κ1) is 9.24. The van der Waals surface area contributed by atoms with Crippen LogP contribution < -0.4 is 5.73 Å². The van der Waals surface area contributed by atoms with Crippen LogP contribution in [-0.2, 0) is 6.42 Å². The van der Waals surface area contributed by atoms with Crippen LogP contribution in [0.2, 0.25) is 0 Å². The monoisotopic (exact) mass is 180 g/mol. The van der Waals surface area contributed by atoms with Crippen LogP contribution in [0.5, 0.6) is 0 Å². The van der Waals surface area contributed by atoms with Gasteiger partial charge in [0, 0.05) is 9.75 Å². The van der Waals surface area contributed by atoms with E-state index >= 15 is 0 Å². The highest BCUT2D eigenvalue weighted by atomic mass is 32.1. The fourth-order valence-corrected chi connectivity index (χ4v) is 1.89. The standard InChI is InChI=1S/C9H12N2S/c1-7-2-4-9(12-7)5-3-8(11)6-10/h2,4,8H,3,5,11H2,1H3. The van der Waals surface area contributed by atoms with Crippen molar-refractivity contribution in [2.24, 2.45) is 5.73 Å². The third kappa shape index (κ3) is 2.65. The molecule has 1 heterocycles. The summed E-state index contributed by atoms with van der Waals surface area (Å²) in [5, 5.41) is 8.45. The van der Waals surface area contributed by atoms with E-state index < -0.39 is 0 Å². The summed E-state index contributed by atoms with van der Waals surface area (Å²) in [5.74, 6) is 0. The number of hydrogen-bond donors (Lipinski definition) is 1. The van der Waals surface area contributed by atoms with Gasteiger partial charge in [0.2, 0.25) is 0 Å². The maximum absolute atomic E-state index is 8.45. The predicted octanol–water partition coefficient (Wildman–Crippen LogP) is 1.84. The lowest BCUT2D eigenvalue weighted by atomic mass is 10.2. The smallest absolute Gasteiger partial charge is 0.0931 e. The molecule has 0 spiro atoms. The van der Waals surface area contributed by atoms with Gasteiger partial charge in [-0.25, -0.2) is 0 Å². The minimum absolute atomic E-state index is 0.313. The van der Waals surface area contributed by atoms with E-state index in [1.165, 1.54) is 9.75 Å². The molecule has 1 atom stereocenters. The first-order valence-corrected chi connectivity index (χ1v) is 4.74. The Morgan fingerprint density at radius 2 is 2.42 bits per heavy atom. The molecule has 2 N–H and O–H groups in total. The van der Waals surface area contributed by atoms with Crippen LogP contribution in [-0.4, -0.2) is 6.04 Å². The molecule has 0 saturated heterocycles. The Kier molecular flexibility index (Phi) is 3.27. The summed E-state index contributed by atoms with van der Waals surface area (Å²) in [4.78, 5) is 2.63. The lowest BCUT2D eigenvalue weighted by Crippen LogP contribution is -2.17. The van der Waals surface area contributed by atoms with E-state index in [1.54, 1.807) is 11.3 Å². The normalized spacial score (nSPS) is 12.4. The molecule has 0 bridgehead atoms. The molecule has 0 saturated carbocycles. The van der Waals surface area contributed by atoms with Crippen molar-refractivity contribution in [1.29, 1.82) is 5.26 Å². The minimum Gasteiger partial charge on any atom is -0.316 e. The maximum atomic E-state index is 8.45. The van der Waals surface area contributed by atoms with E-state index in [0.29, 0.717) is 0 Å². The Bertz CT molecular complexity index is 285. The molecule has 12 heavy (non-hydrogen) atoms. The molecule has 0 aliphatic heterocycles. The average molecular weight is 180 g/mol. The van der Waals surface area contributed by atoms with Crippen LogP contribution in [0.4, 0.5) is 0 Å². The fourth-order valence-electron chi connectivity index (χ4n) is 0.982. The Morgan fingerprint density at radius 3 is 2.92 bits per heavy atom. The van der Waals surface area contributed by atoms with E-state index in [1.807, 2.05) is 6.07 Å². The maximum Gasteiger partial charge on any atom is 0.0931 e. The van der Waals surface area contributed by atoms with Crippen molar-refractivity contribution in [3.63, 3.8) is 0 Å². The molecule has 0 aromatic carbocycles. The van der Waals surface area contributed by atoms with Crippen molar-refractivity contribution in [2.75, 3.05) is 0 Å². The van der Waals surface area contributed by atoms with Gasteiger partial charge >= 0.3 is 0 Å². The molecule has 1 rings (SSSR count). The molecule has 2 nitrogen and oxygen atoms in total. The van der Waals surface area contributed by atoms with Crippen LogP contribution in [0.15, 0.2) is 12.1 Å². The molecule has 1 aromatic rings. The van der Waals surface area contributed by atoms with Crippen molar-refractivity contribution in [3.8, 4) is 6.07 Å². The highest BCUT2D eigenvalue weighted by Gasteiger charge is 2.01. The van der Waals surface area contributed by atoms with Gasteiger partial charge in [-0.15, -0.1) is 11.3 Å². The summed E-state index contributed by atoms with van der Waals surface area (Å²) in [5.41, 5.74) is 5.47. The van der Waals surface area contributed by atoms with Gasteiger partial charge in [-0.3, -0.25) is 0 Å². The number of nitrogens with two attached hydrogens (primary N) is 1. The van der Waals surface area contributed by atoms with Crippen molar-refractivity contribution in [2.45, 2.75) is 25.8 Å². The van der Waals surface area contributed by atoms with Gasteiger partial charge in [0.25, 0.3) is 0 Å². The molecule has 1 aromatic heterocycles. The van der Waals surface area contributed by atoms with Crippen LogP contribution in [0.3, 0.4) is 0 Å². The molecule has 1 unspecified atom stereocenters. The van der Waals surface area contributed by atoms with E-state index in [-0.39, 0.29) is 6.04 Å². The fraction of sp³-hybridized carbons (Fsp3) is 0.444.